The molecule has 1 aromatic carbocycles. The van der Waals surface area contributed by atoms with Crippen LogP contribution in [-0.4, -0.2) is 19.1 Å². The van der Waals surface area contributed by atoms with E-state index >= 15 is 0 Å². The zero-order valence-corrected chi connectivity index (χ0v) is 11.4. The largest absolute Gasteiger partial charge is 0.469 e. The second kappa shape index (κ2) is 6.23. The molecule has 1 heterocycles. The molecular formula is C15H16FNO3. The normalized spacial score (nSPS) is 11.9. The van der Waals surface area contributed by atoms with E-state index < -0.39 is 11.8 Å². The fourth-order valence-electron chi connectivity index (χ4n) is 1.95. The molecule has 0 radical (unpaired) electrons. The zero-order valence-electron chi connectivity index (χ0n) is 11.4. The first-order valence-electron chi connectivity index (χ1n) is 6.27. The molecule has 0 fully saturated rings. The highest BCUT2D eigenvalue weighted by Crippen LogP contribution is 2.17. The summed E-state index contributed by atoms with van der Waals surface area (Å²) in [6.07, 6.45) is 2.31. The molecule has 1 aromatic heterocycles. The first kappa shape index (κ1) is 14.1. The maximum Gasteiger partial charge on any atom is 0.340 e. The van der Waals surface area contributed by atoms with Crippen molar-refractivity contribution in [2.24, 2.45) is 0 Å². The van der Waals surface area contributed by atoms with Crippen molar-refractivity contribution < 1.29 is 18.3 Å². The molecule has 0 spiro atoms. The van der Waals surface area contributed by atoms with Gasteiger partial charge in [-0.05, 0) is 37.3 Å². The Kier molecular flexibility index (Phi) is 4.40. The van der Waals surface area contributed by atoms with Crippen molar-refractivity contribution in [1.82, 2.24) is 0 Å². The van der Waals surface area contributed by atoms with Gasteiger partial charge in [-0.3, -0.25) is 0 Å². The van der Waals surface area contributed by atoms with Gasteiger partial charge in [0.1, 0.15) is 11.6 Å². The van der Waals surface area contributed by atoms with Crippen LogP contribution in [0.25, 0.3) is 0 Å². The quantitative estimate of drug-likeness (QED) is 0.852. The van der Waals surface area contributed by atoms with Crippen LogP contribution in [0.2, 0.25) is 0 Å². The summed E-state index contributed by atoms with van der Waals surface area (Å²) in [5.74, 6) is -0.425. The molecule has 1 atom stereocenters. The first-order valence-corrected chi connectivity index (χ1v) is 6.27. The second-order valence-electron chi connectivity index (χ2n) is 4.52. The Morgan fingerprint density at radius 3 is 2.90 bits per heavy atom. The number of benzene rings is 1. The highest BCUT2D eigenvalue weighted by atomic mass is 19.1. The van der Waals surface area contributed by atoms with Crippen molar-refractivity contribution >= 4 is 11.7 Å². The van der Waals surface area contributed by atoms with E-state index in [1.54, 1.807) is 12.3 Å². The van der Waals surface area contributed by atoms with Crippen LogP contribution in [-0.2, 0) is 11.2 Å². The average Bonchev–Trinajstić information content (AvgIpc) is 2.92. The SMILES string of the molecule is COC(=O)c1cc(NC(C)Cc2ccco2)ccc1F. The minimum absolute atomic E-state index is 0.0807. The molecule has 0 saturated heterocycles. The van der Waals surface area contributed by atoms with Crippen LogP contribution in [0.1, 0.15) is 23.0 Å². The summed E-state index contributed by atoms with van der Waals surface area (Å²) in [6, 6.07) is 8.07. The number of hydrogen-bond acceptors (Lipinski definition) is 4. The molecule has 106 valence electrons. The molecule has 1 N–H and O–H groups in total. The van der Waals surface area contributed by atoms with Gasteiger partial charge in [0.25, 0.3) is 0 Å². The summed E-state index contributed by atoms with van der Waals surface area (Å²) in [6.45, 7) is 1.98. The number of nitrogens with one attached hydrogen (secondary N) is 1. The van der Waals surface area contributed by atoms with Gasteiger partial charge >= 0.3 is 5.97 Å². The second-order valence-corrected chi connectivity index (χ2v) is 4.52. The van der Waals surface area contributed by atoms with Gasteiger partial charge in [-0.25, -0.2) is 9.18 Å². The van der Waals surface area contributed by atoms with E-state index in [-0.39, 0.29) is 11.6 Å². The molecule has 4 nitrogen and oxygen atoms in total. The Labute approximate surface area is 116 Å². The predicted octanol–water partition coefficient (Wildman–Crippen LogP) is 3.25. The van der Waals surface area contributed by atoms with E-state index in [4.69, 9.17) is 4.42 Å². The van der Waals surface area contributed by atoms with Gasteiger partial charge in [-0.2, -0.15) is 0 Å². The van der Waals surface area contributed by atoms with Crippen LogP contribution in [0.4, 0.5) is 10.1 Å². The van der Waals surface area contributed by atoms with Crippen LogP contribution >= 0.6 is 0 Å². The van der Waals surface area contributed by atoms with Crippen LogP contribution in [0.15, 0.2) is 41.0 Å². The summed E-state index contributed by atoms with van der Waals surface area (Å²) in [4.78, 5) is 11.4. The fraction of sp³-hybridized carbons (Fsp3) is 0.267. The van der Waals surface area contributed by atoms with Crippen molar-refractivity contribution in [2.45, 2.75) is 19.4 Å². The number of carbonyl (C=O) groups excluding carboxylic acids is 1. The number of halogens is 1. The lowest BCUT2D eigenvalue weighted by molar-refractivity contribution is 0.0595. The fourth-order valence-corrected chi connectivity index (χ4v) is 1.95. The molecule has 0 aliphatic carbocycles. The Balaban J connectivity index is 2.07. The third-order valence-electron chi connectivity index (χ3n) is 2.87. The van der Waals surface area contributed by atoms with E-state index in [1.165, 1.54) is 19.2 Å². The lowest BCUT2D eigenvalue weighted by Crippen LogP contribution is -2.18. The lowest BCUT2D eigenvalue weighted by Gasteiger charge is -2.14. The number of furan rings is 1. The van der Waals surface area contributed by atoms with Gasteiger partial charge < -0.3 is 14.5 Å². The van der Waals surface area contributed by atoms with Crippen molar-refractivity contribution in [3.63, 3.8) is 0 Å². The summed E-state index contributed by atoms with van der Waals surface area (Å²) >= 11 is 0. The first-order chi connectivity index (χ1) is 9.60. The van der Waals surface area contributed by atoms with E-state index in [0.29, 0.717) is 12.1 Å². The zero-order chi connectivity index (χ0) is 14.5. The molecule has 0 bridgehead atoms. The predicted molar refractivity (Wildman–Crippen MR) is 73.2 cm³/mol. The van der Waals surface area contributed by atoms with Gasteiger partial charge in [0.15, 0.2) is 0 Å². The highest BCUT2D eigenvalue weighted by molar-refractivity contribution is 5.90. The van der Waals surface area contributed by atoms with E-state index in [1.807, 2.05) is 19.1 Å². The maximum absolute atomic E-state index is 13.5. The Bertz CT molecular complexity index is 581. The molecule has 5 heteroatoms. The number of anilines is 1. The summed E-state index contributed by atoms with van der Waals surface area (Å²) in [5, 5.41) is 3.19. The minimum atomic E-state index is -0.690. The van der Waals surface area contributed by atoms with E-state index in [2.05, 4.69) is 10.1 Å². The smallest absolute Gasteiger partial charge is 0.340 e. The van der Waals surface area contributed by atoms with Crippen LogP contribution < -0.4 is 5.32 Å². The van der Waals surface area contributed by atoms with Gasteiger partial charge in [-0.1, -0.05) is 0 Å². The molecular weight excluding hydrogens is 261 g/mol. The van der Waals surface area contributed by atoms with Crippen molar-refractivity contribution in [1.29, 1.82) is 0 Å². The van der Waals surface area contributed by atoms with Gasteiger partial charge in [0, 0.05) is 18.2 Å². The molecule has 0 aliphatic rings. The topological polar surface area (TPSA) is 51.5 Å². The molecule has 0 saturated carbocycles. The Morgan fingerprint density at radius 2 is 2.25 bits per heavy atom. The third kappa shape index (κ3) is 3.38. The number of carbonyl (C=O) groups is 1. The monoisotopic (exact) mass is 277 g/mol. The van der Waals surface area contributed by atoms with E-state index in [0.717, 1.165) is 5.76 Å². The summed E-state index contributed by atoms with van der Waals surface area (Å²) < 4.78 is 23.3. The third-order valence-corrected chi connectivity index (χ3v) is 2.87. The van der Waals surface area contributed by atoms with Crippen LogP contribution in [0.3, 0.4) is 0 Å². The van der Waals surface area contributed by atoms with E-state index in [9.17, 15) is 9.18 Å². The minimum Gasteiger partial charge on any atom is -0.469 e. The van der Waals surface area contributed by atoms with Gasteiger partial charge in [0.05, 0.1) is 18.9 Å². The number of methoxy groups -OCH3 is 1. The van der Waals surface area contributed by atoms with Crippen molar-refractivity contribution in [3.05, 3.63) is 53.7 Å². The number of esters is 1. The molecule has 2 aromatic rings. The van der Waals surface area contributed by atoms with Gasteiger partial charge in [-0.15, -0.1) is 0 Å². The number of rotatable bonds is 5. The summed E-state index contributed by atoms with van der Waals surface area (Å²) in [7, 11) is 1.22. The molecule has 20 heavy (non-hydrogen) atoms. The van der Waals surface area contributed by atoms with Crippen molar-refractivity contribution in [3.8, 4) is 0 Å². The maximum atomic E-state index is 13.5. The Hall–Kier alpha value is -2.30. The molecule has 0 amide bonds. The summed E-state index contributed by atoms with van der Waals surface area (Å²) in [5.41, 5.74) is 0.577. The number of hydrogen-bond donors (Lipinski definition) is 1. The van der Waals surface area contributed by atoms with Crippen LogP contribution in [0, 0.1) is 5.82 Å². The van der Waals surface area contributed by atoms with Gasteiger partial charge in [0.2, 0.25) is 0 Å². The highest BCUT2D eigenvalue weighted by Gasteiger charge is 2.14. The lowest BCUT2D eigenvalue weighted by atomic mass is 10.1. The van der Waals surface area contributed by atoms with Crippen LogP contribution in [0.5, 0.6) is 0 Å². The number of ether oxygens (including phenoxy) is 1. The molecule has 0 aliphatic heterocycles. The average molecular weight is 277 g/mol. The van der Waals surface area contributed by atoms with Crippen molar-refractivity contribution in [2.75, 3.05) is 12.4 Å². The standard InChI is InChI=1S/C15H16FNO3/c1-10(8-12-4-3-7-20-12)17-11-5-6-14(16)13(9-11)15(18)19-2/h3-7,9-10,17H,8H2,1-2H3. The Morgan fingerprint density at radius 1 is 1.45 bits per heavy atom. The molecule has 1 unspecified atom stereocenters. The molecule has 2 rings (SSSR count).